The number of carbonyl (C=O) groups is 2. The van der Waals surface area contributed by atoms with Crippen LogP contribution in [-0.2, 0) is 6.18 Å². The number of rotatable bonds is 1. The van der Waals surface area contributed by atoms with Crippen molar-refractivity contribution < 1.29 is 22.8 Å². The quantitative estimate of drug-likeness (QED) is 0.685. The molecule has 23 heavy (non-hydrogen) atoms. The fourth-order valence-electron chi connectivity index (χ4n) is 2.38. The van der Waals surface area contributed by atoms with Crippen LogP contribution in [0.15, 0.2) is 36.4 Å². The molecule has 2 aromatic rings. The predicted molar refractivity (Wildman–Crippen MR) is 79.0 cm³/mol. The highest BCUT2D eigenvalue weighted by atomic mass is 35.5. The van der Waals surface area contributed by atoms with Gasteiger partial charge in [-0.2, -0.15) is 13.2 Å². The molecule has 0 saturated heterocycles. The van der Waals surface area contributed by atoms with Gasteiger partial charge in [0, 0.05) is 0 Å². The number of anilines is 1. The van der Waals surface area contributed by atoms with Gasteiger partial charge in [-0.25, -0.2) is 4.90 Å². The molecule has 0 N–H and O–H groups in total. The number of hydrogen-bond acceptors (Lipinski definition) is 2. The van der Waals surface area contributed by atoms with Crippen molar-refractivity contribution in [1.82, 2.24) is 0 Å². The van der Waals surface area contributed by atoms with Crippen LogP contribution in [0, 0.1) is 0 Å². The summed E-state index contributed by atoms with van der Waals surface area (Å²) in [5.74, 6) is -1.75. The molecule has 1 aliphatic heterocycles. The molecule has 0 fully saturated rings. The highest BCUT2D eigenvalue weighted by Crippen LogP contribution is 2.45. The van der Waals surface area contributed by atoms with Crippen molar-refractivity contribution in [2.24, 2.45) is 0 Å². The summed E-state index contributed by atoms with van der Waals surface area (Å²) < 4.78 is 39.7. The minimum atomic E-state index is -4.81. The first kappa shape index (κ1) is 15.8. The molecule has 0 radical (unpaired) electrons. The van der Waals surface area contributed by atoms with Crippen LogP contribution >= 0.6 is 23.2 Å². The topological polar surface area (TPSA) is 37.4 Å². The van der Waals surface area contributed by atoms with Gasteiger partial charge in [-0.05, 0) is 24.3 Å². The minimum Gasteiger partial charge on any atom is -0.268 e. The van der Waals surface area contributed by atoms with Crippen LogP contribution in [0.5, 0.6) is 0 Å². The molecule has 0 spiro atoms. The Morgan fingerprint density at radius 3 is 1.87 bits per heavy atom. The lowest BCUT2D eigenvalue weighted by molar-refractivity contribution is -0.137. The van der Waals surface area contributed by atoms with Crippen molar-refractivity contribution in [3.63, 3.8) is 0 Å². The first-order valence-corrected chi connectivity index (χ1v) is 7.02. The number of fused-ring (bicyclic) bond motifs is 1. The summed E-state index contributed by atoms with van der Waals surface area (Å²) in [7, 11) is 0. The standard InChI is InChI=1S/C15H6Cl2F3NO2/c16-10-6-5-9(15(18,19)20)12(11(10)17)21-13(22)7-3-1-2-4-8(7)14(21)23/h1-6H. The van der Waals surface area contributed by atoms with Gasteiger partial charge in [-0.1, -0.05) is 35.3 Å². The highest BCUT2D eigenvalue weighted by molar-refractivity contribution is 6.46. The van der Waals surface area contributed by atoms with E-state index >= 15 is 0 Å². The molecule has 1 aliphatic rings. The Bertz CT molecular complexity index is 814. The number of halogens is 5. The SMILES string of the molecule is O=C1c2ccccc2C(=O)N1c1c(C(F)(F)F)ccc(Cl)c1Cl. The van der Waals surface area contributed by atoms with Gasteiger partial charge in [0.15, 0.2) is 0 Å². The molecule has 3 rings (SSSR count). The fraction of sp³-hybridized carbons (Fsp3) is 0.0667. The van der Waals surface area contributed by atoms with Crippen LogP contribution in [-0.4, -0.2) is 11.8 Å². The molecule has 1 heterocycles. The van der Waals surface area contributed by atoms with Crippen molar-refractivity contribution in [2.45, 2.75) is 6.18 Å². The Kier molecular flexibility index (Phi) is 3.61. The van der Waals surface area contributed by atoms with Gasteiger partial charge in [0.25, 0.3) is 11.8 Å². The molecular formula is C15H6Cl2F3NO2. The Balaban J connectivity index is 2.27. The van der Waals surface area contributed by atoms with Crippen molar-refractivity contribution in [1.29, 1.82) is 0 Å². The smallest absolute Gasteiger partial charge is 0.268 e. The van der Waals surface area contributed by atoms with Crippen LogP contribution in [0.4, 0.5) is 18.9 Å². The van der Waals surface area contributed by atoms with Crippen LogP contribution in [0.25, 0.3) is 0 Å². The van der Waals surface area contributed by atoms with E-state index in [1.54, 1.807) is 0 Å². The van der Waals surface area contributed by atoms with Gasteiger partial charge in [-0.15, -0.1) is 0 Å². The molecule has 0 aromatic heterocycles. The van der Waals surface area contributed by atoms with Gasteiger partial charge in [0.1, 0.15) is 0 Å². The van der Waals surface area contributed by atoms with E-state index in [0.29, 0.717) is 11.0 Å². The van der Waals surface area contributed by atoms with Gasteiger partial charge < -0.3 is 0 Å². The molecule has 0 saturated carbocycles. The maximum absolute atomic E-state index is 13.2. The summed E-state index contributed by atoms with van der Waals surface area (Å²) in [6.07, 6.45) is -4.81. The Hall–Kier alpha value is -2.05. The fourth-order valence-corrected chi connectivity index (χ4v) is 2.78. The number of hydrogen-bond donors (Lipinski definition) is 0. The molecule has 8 heteroatoms. The molecule has 2 aromatic carbocycles. The van der Waals surface area contributed by atoms with Gasteiger partial charge in [0.2, 0.25) is 0 Å². The normalized spacial score (nSPS) is 14.4. The second kappa shape index (κ2) is 5.25. The summed E-state index contributed by atoms with van der Waals surface area (Å²) >= 11 is 11.7. The lowest BCUT2D eigenvalue weighted by Gasteiger charge is -2.21. The van der Waals surface area contributed by atoms with Crippen molar-refractivity contribution in [3.05, 3.63) is 63.1 Å². The first-order chi connectivity index (χ1) is 10.7. The summed E-state index contributed by atoms with van der Waals surface area (Å²) in [5.41, 5.74) is -1.93. The van der Waals surface area contributed by atoms with E-state index in [4.69, 9.17) is 23.2 Å². The van der Waals surface area contributed by atoms with Crippen LogP contribution in [0.2, 0.25) is 10.0 Å². The second-order valence-corrected chi connectivity index (χ2v) is 5.53. The highest BCUT2D eigenvalue weighted by Gasteiger charge is 2.44. The van der Waals surface area contributed by atoms with E-state index in [2.05, 4.69) is 0 Å². The number of benzene rings is 2. The lowest BCUT2D eigenvalue weighted by atomic mass is 10.1. The van der Waals surface area contributed by atoms with E-state index < -0.39 is 34.3 Å². The van der Waals surface area contributed by atoms with E-state index in [-0.39, 0.29) is 16.1 Å². The van der Waals surface area contributed by atoms with E-state index in [9.17, 15) is 22.8 Å². The zero-order valence-electron chi connectivity index (χ0n) is 11.1. The third-order valence-corrected chi connectivity index (χ3v) is 4.19. The molecule has 0 aliphatic carbocycles. The van der Waals surface area contributed by atoms with Crippen LogP contribution in [0.3, 0.4) is 0 Å². The molecular weight excluding hydrogens is 354 g/mol. The summed E-state index contributed by atoms with van der Waals surface area (Å²) in [4.78, 5) is 25.2. The third-order valence-electron chi connectivity index (χ3n) is 3.39. The van der Waals surface area contributed by atoms with E-state index in [0.717, 1.165) is 6.07 Å². The number of amides is 2. The van der Waals surface area contributed by atoms with E-state index in [1.165, 1.54) is 24.3 Å². The Morgan fingerprint density at radius 2 is 1.39 bits per heavy atom. The van der Waals surface area contributed by atoms with Gasteiger partial charge in [0.05, 0.1) is 32.4 Å². The Labute approximate surface area is 138 Å². The molecule has 118 valence electrons. The summed E-state index contributed by atoms with van der Waals surface area (Å²) in [6.45, 7) is 0. The predicted octanol–water partition coefficient (Wildman–Crippen LogP) is 4.81. The van der Waals surface area contributed by atoms with Gasteiger partial charge in [-0.3, -0.25) is 9.59 Å². The van der Waals surface area contributed by atoms with Crippen LogP contribution in [0.1, 0.15) is 26.3 Å². The molecule has 0 bridgehead atoms. The molecule has 2 amide bonds. The summed E-state index contributed by atoms with van der Waals surface area (Å²) in [5, 5.41) is -0.692. The van der Waals surface area contributed by atoms with Crippen molar-refractivity contribution in [2.75, 3.05) is 4.90 Å². The summed E-state index contributed by atoms with van der Waals surface area (Å²) in [6, 6.07) is 7.40. The number of alkyl halides is 3. The number of imide groups is 1. The minimum absolute atomic E-state index is 0.0154. The maximum atomic E-state index is 13.2. The van der Waals surface area contributed by atoms with E-state index in [1.807, 2.05) is 0 Å². The molecule has 3 nitrogen and oxygen atoms in total. The van der Waals surface area contributed by atoms with Gasteiger partial charge >= 0.3 is 6.18 Å². The zero-order chi connectivity index (χ0) is 16.9. The number of carbonyl (C=O) groups excluding carboxylic acids is 2. The maximum Gasteiger partial charge on any atom is 0.418 e. The monoisotopic (exact) mass is 359 g/mol. The Morgan fingerprint density at radius 1 is 0.870 bits per heavy atom. The van der Waals surface area contributed by atoms with Crippen molar-refractivity contribution >= 4 is 40.7 Å². The largest absolute Gasteiger partial charge is 0.418 e. The zero-order valence-corrected chi connectivity index (χ0v) is 12.6. The average molecular weight is 360 g/mol. The molecule has 0 unspecified atom stereocenters. The molecule has 0 atom stereocenters. The third kappa shape index (κ3) is 2.38. The second-order valence-electron chi connectivity index (χ2n) is 4.75. The average Bonchev–Trinajstić information content (AvgIpc) is 2.73. The lowest BCUT2D eigenvalue weighted by Crippen LogP contribution is -2.32. The first-order valence-electron chi connectivity index (χ1n) is 6.26. The number of nitrogens with zero attached hydrogens (tertiary/aromatic N) is 1. The van der Waals surface area contributed by atoms with Crippen molar-refractivity contribution in [3.8, 4) is 0 Å². The van der Waals surface area contributed by atoms with Crippen LogP contribution < -0.4 is 4.90 Å².